The predicted molar refractivity (Wildman–Crippen MR) is 137 cm³/mol. The van der Waals surface area contributed by atoms with Gasteiger partial charge in [-0.3, -0.25) is 9.58 Å². The van der Waals surface area contributed by atoms with Gasteiger partial charge in [0.05, 0.1) is 16.4 Å². The number of nitrogens with zero attached hydrogens (tertiary/aromatic N) is 3. The number of benzene rings is 2. The molecule has 0 radical (unpaired) electrons. The predicted octanol–water partition coefficient (Wildman–Crippen LogP) is 5.46. The highest BCUT2D eigenvalue weighted by atomic mass is 79.9. The molecule has 0 aliphatic carbocycles. The maximum atomic E-state index is 13.9. The summed E-state index contributed by atoms with van der Waals surface area (Å²) in [6.07, 6.45) is 6.86. The summed E-state index contributed by atoms with van der Waals surface area (Å²) < 4.78 is 35.8. The third kappa shape index (κ3) is 5.24. The van der Waals surface area contributed by atoms with E-state index in [2.05, 4.69) is 36.6 Å². The van der Waals surface area contributed by atoms with Crippen LogP contribution in [-0.4, -0.2) is 45.9 Å². The van der Waals surface area contributed by atoms with E-state index in [9.17, 15) is 13.6 Å². The second-order valence-corrected chi connectivity index (χ2v) is 10.1. The number of rotatable bonds is 8. The second kappa shape index (κ2) is 10.6. The molecule has 0 atom stereocenters. The van der Waals surface area contributed by atoms with Gasteiger partial charge in [0, 0.05) is 55.1 Å². The topological polar surface area (TPSA) is 71.4 Å². The van der Waals surface area contributed by atoms with E-state index in [-0.39, 0.29) is 12.1 Å². The number of amides is 2. The number of aryl methyl sites for hydroxylation is 1. The number of halogens is 3. The van der Waals surface area contributed by atoms with Crippen molar-refractivity contribution in [3.63, 3.8) is 0 Å². The van der Waals surface area contributed by atoms with E-state index in [1.165, 1.54) is 31.7 Å². The third-order valence-corrected chi connectivity index (χ3v) is 7.63. The summed E-state index contributed by atoms with van der Waals surface area (Å²) in [6.45, 7) is 1.40. The molecule has 2 bridgehead atoms. The van der Waals surface area contributed by atoms with Crippen LogP contribution in [0.2, 0.25) is 0 Å². The molecule has 2 amide bonds. The number of hydrogen-bond acceptors (Lipinski definition) is 4. The van der Waals surface area contributed by atoms with Crippen LogP contribution >= 0.6 is 15.9 Å². The fourth-order valence-electron chi connectivity index (χ4n) is 5.29. The minimum absolute atomic E-state index is 0.0717. The van der Waals surface area contributed by atoms with Crippen LogP contribution in [0.4, 0.5) is 19.3 Å². The van der Waals surface area contributed by atoms with Gasteiger partial charge in [-0.15, -0.1) is 0 Å². The molecule has 0 spiro atoms. The zero-order chi connectivity index (χ0) is 25.2. The number of hydrogen-bond donors (Lipinski definition) is 2. The molecule has 36 heavy (non-hydrogen) atoms. The average Bonchev–Trinajstić information content (AvgIpc) is 3.53. The van der Waals surface area contributed by atoms with Gasteiger partial charge in [0.2, 0.25) is 0 Å². The van der Waals surface area contributed by atoms with Gasteiger partial charge in [0.1, 0.15) is 24.0 Å². The van der Waals surface area contributed by atoms with Crippen molar-refractivity contribution in [2.75, 3.05) is 18.5 Å². The van der Waals surface area contributed by atoms with Crippen molar-refractivity contribution in [1.82, 2.24) is 20.0 Å². The third-order valence-electron chi connectivity index (χ3n) is 7.05. The Bertz CT molecular complexity index is 1230. The number of urea groups is 1. The highest BCUT2D eigenvalue weighted by Crippen LogP contribution is 2.38. The first-order valence-corrected chi connectivity index (χ1v) is 12.9. The largest absolute Gasteiger partial charge is 0.492 e. The second-order valence-electron chi connectivity index (χ2n) is 9.27. The molecule has 2 aliphatic rings. The Labute approximate surface area is 216 Å². The molecule has 1 aromatic heterocycles. The summed E-state index contributed by atoms with van der Waals surface area (Å²) in [5.74, 6) is -0.670. The van der Waals surface area contributed by atoms with Crippen LogP contribution in [0, 0.1) is 11.6 Å². The van der Waals surface area contributed by atoms with Crippen LogP contribution in [0.1, 0.15) is 31.2 Å². The summed E-state index contributed by atoms with van der Waals surface area (Å²) in [6, 6.07) is 9.56. The lowest BCUT2D eigenvalue weighted by molar-refractivity contribution is 0.194. The number of fused-ring (bicyclic) bond motifs is 2. The Hall–Kier alpha value is -2.98. The Morgan fingerprint density at radius 1 is 1.14 bits per heavy atom. The van der Waals surface area contributed by atoms with Gasteiger partial charge in [-0.05, 0) is 65.9 Å². The Kier molecular flexibility index (Phi) is 7.25. The van der Waals surface area contributed by atoms with Gasteiger partial charge in [0.15, 0.2) is 0 Å². The molecule has 2 aromatic carbocycles. The van der Waals surface area contributed by atoms with Crippen molar-refractivity contribution < 1.29 is 18.3 Å². The van der Waals surface area contributed by atoms with Crippen molar-refractivity contribution in [3.8, 4) is 17.0 Å². The maximum Gasteiger partial charge on any atom is 0.319 e. The standard InChI is InChI=1S/C26H28BrF2N5O2/c1-33-25(22(27)15-31-33)21-13-18(32-26(35)30-14-16-2-3-17(28)12-23(16)29)4-9-24(21)36-11-10-34-19-5-6-20(34)8-7-19/h2-4,9,12-13,15,19-20H,5-8,10-11,14H2,1H3,(H2,30,32,35). The van der Waals surface area contributed by atoms with Crippen molar-refractivity contribution >= 4 is 27.6 Å². The normalized spacial score (nSPS) is 19.0. The lowest BCUT2D eigenvalue weighted by Gasteiger charge is -2.22. The van der Waals surface area contributed by atoms with Gasteiger partial charge in [-0.1, -0.05) is 6.07 Å². The molecule has 10 heteroatoms. The molecule has 5 rings (SSSR count). The van der Waals surface area contributed by atoms with Crippen molar-refractivity contribution in [2.24, 2.45) is 7.05 Å². The number of carbonyl (C=O) groups is 1. The highest BCUT2D eigenvalue weighted by Gasteiger charge is 2.38. The van der Waals surface area contributed by atoms with E-state index in [0.29, 0.717) is 30.1 Å². The molecular weight excluding hydrogens is 532 g/mol. The first-order valence-electron chi connectivity index (χ1n) is 12.1. The number of nitrogens with one attached hydrogen (secondary N) is 2. The van der Waals surface area contributed by atoms with Crippen molar-refractivity contribution in [1.29, 1.82) is 0 Å². The van der Waals surface area contributed by atoms with E-state index >= 15 is 0 Å². The molecule has 3 heterocycles. The van der Waals surface area contributed by atoms with E-state index in [1.54, 1.807) is 16.9 Å². The average molecular weight is 560 g/mol. The van der Waals surface area contributed by atoms with E-state index < -0.39 is 17.7 Å². The van der Waals surface area contributed by atoms with Crippen LogP contribution in [-0.2, 0) is 13.6 Å². The lowest BCUT2D eigenvalue weighted by Crippen LogP contribution is -2.32. The first-order chi connectivity index (χ1) is 17.4. The number of ether oxygens (including phenoxy) is 1. The van der Waals surface area contributed by atoms with Crippen LogP contribution in [0.25, 0.3) is 11.3 Å². The van der Waals surface area contributed by atoms with E-state index in [0.717, 1.165) is 34.4 Å². The summed E-state index contributed by atoms with van der Waals surface area (Å²) in [7, 11) is 1.84. The molecule has 7 nitrogen and oxygen atoms in total. The van der Waals surface area contributed by atoms with Gasteiger partial charge < -0.3 is 15.4 Å². The van der Waals surface area contributed by atoms with Crippen LogP contribution in [0.5, 0.6) is 5.75 Å². The fourth-order valence-corrected chi connectivity index (χ4v) is 5.86. The van der Waals surface area contributed by atoms with E-state index in [1.807, 2.05) is 19.2 Å². The van der Waals surface area contributed by atoms with Gasteiger partial charge >= 0.3 is 6.03 Å². The lowest BCUT2D eigenvalue weighted by atomic mass is 10.0. The monoisotopic (exact) mass is 559 g/mol. The quantitative estimate of drug-likeness (QED) is 0.384. The van der Waals surface area contributed by atoms with Gasteiger partial charge in [-0.25, -0.2) is 13.6 Å². The minimum atomic E-state index is -0.706. The molecule has 2 fully saturated rings. The van der Waals surface area contributed by atoms with Crippen LogP contribution in [0.15, 0.2) is 47.1 Å². The molecule has 0 unspecified atom stereocenters. The molecular formula is C26H28BrF2N5O2. The van der Waals surface area contributed by atoms with Crippen molar-refractivity contribution in [3.05, 3.63) is 64.3 Å². The van der Waals surface area contributed by atoms with Crippen LogP contribution < -0.4 is 15.4 Å². The zero-order valence-electron chi connectivity index (χ0n) is 19.9. The van der Waals surface area contributed by atoms with Crippen LogP contribution in [0.3, 0.4) is 0 Å². The Balaban J connectivity index is 1.28. The molecule has 2 aliphatic heterocycles. The molecule has 3 aromatic rings. The van der Waals surface area contributed by atoms with Gasteiger partial charge in [0.25, 0.3) is 0 Å². The van der Waals surface area contributed by atoms with E-state index in [4.69, 9.17) is 4.74 Å². The SMILES string of the molecule is Cn1ncc(Br)c1-c1cc(NC(=O)NCc2ccc(F)cc2F)ccc1OCCN1C2CCC1CC2. The minimum Gasteiger partial charge on any atom is -0.492 e. The molecule has 0 saturated carbocycles. The highest BCUT2D eigenvalue weighted by molar-refractivity contribution is 9.10. The summed E-state index contributed by atoms with van der Waals surface area (Å²) in [5.41, 5.74) is 2.35. The van der Waals surface area contributed by atoms with Crippen molar-refractivity contribution in [2.45, 2.75) is 44.3 Å². The zero-order valence-corrected chi connectivity index (χ0v) is 21.5. The number of anilines is 1. The van der Waals surface area contributed by atoms with Gasteiger partial charge in [-0.2, -0.15) is 5.10 Å². The maximum absolute atomic E-state index is 13.9. The Morgan fingerprint density at radius 2 is 1.89 bits per heavy atom. The summed E-state index contributed by atoms with van der Waals surface area (Å²) in [4.78, 5) is 15.1. The smallest absolute Gasteiger partial charge is 0.319 e. The number of carbonyl (C=O) groups excluding carboxylic acids is 1. The Morgan fingerprint density at radius 3 is 2.56 bits per heavy atom. The number of aromatic nitrogens is 2. The molecule has 2 saturated heterocycles. The fraction of sp³-hybridized carbons (Fsp3) is 0.385. The molecule has 2 N–H and O–H groups in total. The summed E-state index contributed by atoms with van der Waals surface area (Å²) in [5, 5.41) is 9.70. The molecule has 190 valence electrons. The summed E-state index contributed by atoms with van der Waals surface area (Å²) >= 11 is 3.56. The first kappa shape index (κ1) is 24.7.